The van der Waals surface area contributed by atoms with Crippen LogP contribution >= 0.6 is 12.4 Å². The number of sulfonamides is 1. The van der Waals surface area contributed by atoms with Gasteiger partial charge in [0.25, 0.3) is 0 Å². The Morgan fingerprint density at radius 2 is 2.13 bits per heavy atom. The Balaban J connectivity index is 0.00000264. The second-order valence-corrected chi connectivity index (χ2v) is 6.99. The molecule has 9 heteroatoms. The molecule has 1 heterocycles. The van der Waals surface area contributed by atoms with Gasteiger partial charge in [-0.2, -0.15) is 4.72 Å². The minimum absolute atomic E-state index is 0. The number of rotatable bonds is 6. The Bertz CT molecular complexity index is 636. The van der Waals surface area contributed by atoms with Gasteiger partial charge in [-0.05, 0) is 38.4 Å². The molecule has 1 aromatic carbocycles. The molecular formula is C14H21ClFN3O3S. The topological polar surface area (TPSA) is 87.3 Å². The van der Waals surface area contributed by atoms with E-state index in [1.165, 1.54) is 19.1 Å². The van der Waals surface area contributed by atoms with E-state index in [1.54, 1.807) is 0 Å². The van der Waals surface area contributed by atoms with Crippen molar-refractivity contribution >= 4 is 28.3 Å². The average molecular weight is 366 g/mol. The van der Waals surface area contributed by atoms with Crippen molar-refractivity contribution in [1.29, 1.82) is 0 Å². The summed E-state index contributed by atoms with van der Waals surface area (Å²) in [5, 5.41) is 5.92. The van der Waals surface area contributed by atoms with E-state index in [-0.39, 0.29) is 18.4 Å². The van der Waals surface area contributed by atoms with E-state index in [0.717, 1.165) is 31.5 Å². The third-order valence-electron chi connectivity index (χ3n) is 3.54. The summed E-state index contributed by atoms with van der Waals surface area (Å²) in [6.45, 7) is 2.80. The molecule has 1 aliphatic rings. The van der Waals surface area contributed by atoms with E-state index in [0.29, 0.717) is 6.54 Å². The second-order valence-electron chi connectivity index (χ2n) is 5.31. The van der Waals surface area contributed by atoms with Crippen molar-refractivity contribution in [2.75, 3.05) is 13.1 Å². The first-order valence-electron chi connectivity index (χ1n) is 7.18. The average Bonchev–Trinajstić information content (AvgIpc) is 2.97. The van der Waals surface area contributed by atoms with Crippen molar-refractivity contribution in [1.82, 2.24) is 15.4 Å². The summed E-state index contributed by atoms with van der Waals surface area (Å²) in [6, 6.07) is 4.29. The quantitative estimate of drug-likeness (QED) is 0.695. The fourth-order valence-corrected chi connectivity index (χ4v) is 3.60. The van der Waals surface area contributed by atoms with Gasteiger partial charge in [-0.3, -0.25) is 4.79 Å². The molecule has 0 aliphatic carbocycles. The molecule has 1 aliphatic heterocycles. The van der Waals surface area contributed by atoms with Crippen molar-refractivity contribution < 1.29 is 17.6 Å². The van der Waals surface area contributed by atoms with Crippen molar-refractivity contribution in [2.24, 2.45) is 0 Å². The minimum atomic E-state index is -4.07. The lowest BCUT2D eigenvalue weighted by Crippen LogP contribution is -2.47. The van der Waals surface area contributed by atoms with E-state index >= 15 is 0 Å². The summed E-state index contributed by atoms with van der Waals surface area (Å²) in [7, 11) is -4.07. The van der Waals surface area contributed by atoms with Gasteiger partial charge in [-0.25, -0.2) is 12.8 Å². The zero-order valence-corrected chi connectivity index (χ0v) is 14.3. The molecule has 2 unspecified atom stereocenters. The second kappa shape index (κ2) is 8.58. The third kappa shape index (κ3) is 5.42. The van der Waals surface area contributed by atoms with Crippen LogP contribution in [-0.4, -0.2) is 39.5 Å². The number of halogens is 2. The molecule has 1 aromatic rings. The van der Waals surface area contributed by atoms with E-state index in [1.807, 2.05) is 0 Å². The Hall–Kier alpha value is -1.22. The number of benzene rings is 1. The third-order valence-corrected chi connectivity index (χ3v) is 5.11. The van der Waals surface area contributed by atoms with Crippen LogP contribution in [0.25, 0.3) is 0 Å². The first kappa shape index (κ1) is 19.8. The van der Waals surface area contributed by atoms with Gasteiger partial charge in [0.2, 0.25) is 15.9 Å². The lowest BCUT2D eigenvalue weighted by Gasteiger charge is -2.17. The summed E-state index contributed by atoms with van der Waals surface area (Å²) in [5.41, 5.74) is 0. The SMILES string of the molecule is CC(NS(=O)(=O)c1ccccc1F)C(=O)NCC1CCCN1.Cl. The van der Waals surface area contributed by atoms with Crippen LogP contribution in [0.4, 0.5) is 4.39 Å². The fourth-order valence-electron chi connectivity index (χ4n) is 2.32. The van der Waals surface area contributed by atoms with E-state index < -0.39 is 32.7 Å². The normalized spacial score (nSPS) is 19.0. The highest BCUT2D eigenvalue weighted by atomic mass is 35.5. The molecule has 0 aromatic heterocycles. The van der Waals surface area contributed by atoms with Gasteiger partial charge in [-0.15, -0.1) is 12.4 Å². The van der Waals surface area contributed by atoms with Crippen LogP contribution < -0.4 is 15.4 Å². The molecule has 3 N–H and O–H groups in total. The van der Waals surface area contributed by atoms with Crippen LogP contribution in [0.15, 0.2) is 29.2 Å². The molecule has 0 radical (unpaired) electrons. The van der Waals surface area contributed by atoms with Gasteiger partial charge in [0.15, 0.2) is 0 Å². The molecule has 2 rings (SSSR count). The predicted molar refractivity (Wildman–Crippen MR) is 87.5 cm³/mol. The molecule has 1 saturated heterocycles. The Kier molecular flexibility index (Phi) is 7.40. The van der Waals surface area contributed by atoms with Gasteiger partial charge < -0.3 is 10.6 Å². The largest absolute Gasteiger partial charge is 0.353 e. The van der Waals surface area contributed by atoms with Crippen molar-refractivity contribution in [2.45, 2.75) is 36.7 Å². The van der Waals surface area contributed by atoms with Gasteiger partial charge in [0.05, 0.1) is 6.04 Å². The molecule has 2 atom stereocenters. The Morgan fingerprint density at radius 1 is 1.43 bits per heavy atom. The predicted octanol–water partition coefficient (Wildman–Crippen LogP) is 0.782. The maximum absolute atomic E-state index is 13.6. The minimum Gasteiger partial charge on any atom is -0.353 e. The number of carbonyl (C=O) groups excluding carboxylic acids is 1. The van der Waals surface area contributed by atoms with E-state index in [9.17, 15) is 17.6 Å². The standard InChI is InChI=1S/C14H20FN3O3S.ClH/c1-10(14(19)17-9-11-5-4-8-16-11)18-22(20,21)13-7-3-2-6-12(13)15;/h2-3,6-7,10-11,16,18H,4-5,8-9H2,1H3,(H,17,19);1H. The number of amides is 1. The number of carbonyl (C=O) groups is 1. The molecule has 0 bridgehead atoms. The van der Waals surface area contributed by atoms with Crippen molar-refractivity contribution in [3.63, 3.8) is 0 Å². The van der Waals surface area contributed by atoms with Gasteiger partial charge in [0, 0.05) is 12.6 Å². The monoisotopic (exact) mass is 365 g/mol. The maximum Gasteiger partial charge on any atom is 0.244 e. The molecule has 1 fully saturated rings. The van der Waals surface area contributed by atoms with Crippen LogP contribution in [-0.2, 0) is 14.8 Å². The number of hydrogen-bond donors (Lipinski definition) is 3. The molecule has 23 heavy (non-hydrogen) atoms. The van der Waals surface area contributed by atoms with Gasteiger partial charge >= 0.3 is 0 Å². The first-order chi connectivity index (χ1) is 10.4. The molecule has 6 nitrogen and oxygen atoms in total. The van der Waals surface area contributed by atoms with Crippen LogP contribution in [0.3, 0.4) is 0 Å². The summed E-state index contributed by atoms with van der Waals surface area (Å²) in [6.07, 6.45) is 2.05. The molecule has 0 saturated carbocycles. The zero-order valence-electron chi connectivity index (χ0n) is 12.7. The lowest BCUT2D eigenvalue weighted by atomic mass is 10.2. The highest BCUT2D eigenvalue weighted by molar-refractivity contribution is 7.89. The summed E-state index contributed by atoms with van der Waals surface area (Å²) >= 11 is 0. The lowest BCUT2D eigenvalue weighted by molar-refractivity contribution is -0.122. The van der Waals surface area contributed by atoms with E-state index in [4.69, 9.17) is 0 Å². The van der Waals surface area contributed by atoms with Crippen LogP contribution in [0.1, 0.15) is 19.8 Å². The number of hydrogen-bond acceptors (Lipinski definition) is 4. The van der Waals surface area contributed by atoms with E-state index in [2.05, 4.69) is 15.4 Å². The first-order valence-corrected chi connectivity index (χ1v) is 8.66. The van der Waals surface area contributed by atoms with Gasteiger partial charge in [0.1, 0.15) is 10.7 Å². The van der Waals surface area contributed by atoms with Crippen molar-refractivity contribution in [3.8, 4) is 0 Å². The highest BCUT2D eigenvalue weighted by Gasteiger charge is 2.25. The summed E-state index contributed by atoms with van der Waals surface area (Å²) in [4.78, 5) is 11.5. The zero-order chi connectivity index (χ0) is 16.2. The molecular weight excluding hydrogens is 345 g/mol. The van der Waals surface area contributed by atoms with Gasteiger partial charge in [-0.1, -0.05) is 12.1 Å². The van der Waals surface area contributed by atoms with Crippen molar-refractivity contribution in [3.05, 3.63) is 30.1 Å². The Morgan fingerprint density at radius 3 is 2.74 bits per heavy atom. The molecule has 1 amide bonds. The summed E-state index contributed by atoms with van der Waals surface area (Å²) in [5.74, 6) is -1.29. The smallest absolute Gasteiger partial charge is 0.244 e. The van der Waals surface area contributed by atoms with Crippen LogP contribution in [0.2, 0.25) is 0 Å². The van der Waals surface area contributed by atoms with Crippen LogP contribution in [0.5, 0.6) is 0 Å². The summed E-state index contributed by atoms with van der Waals surface area (Å²) < 4.78 is 39.9. The molecule has 130 valence electrons. The highest BCUT2D eigenvalue weighted by Crippen LogP contribution is 2.13. The number of nitrogens with one attached hydrogen (secondary N) is 3. The molecule has 0 spiro atoms. The van der Waals surface area contributed by atoms with Crippen LogP contribution in [0, 0.1) is 5.82 Å². The maximum atomic E-state index is 13.6. The fraction of sp³-hybridized carbons (Fsp3) is 0.500. The Labute approximate surface area is 141 Å².